The van der Waals surface area contributed by atoms with Gasteiger partial charge in [-0.05, 0) is 40.6 Å². The van der Waals surface area contributed by atoms with Gasteiger partial charge in [0.1, 0.15) is 6.10 Å². The quantitative estimate of drug-likeness (QED) is 0.245. The Morgan fingerprint density at radius 3 is 2.39 bits per heavy atom. The molecule has 0 aliphatic carbocycles. The van der Waals surface area contributed by atoms with E-state index in [1.807, 2.05) is 13.0 Å². The second-order valence-electron chi connectivity index (χ2n) is 6.94. The zero-order valence-electron chi connectivity index (χ0n) is 15.4. The molecule has 0 spiro atoms. The molecule has 1 atom stereocenters. The molecule has 4 aromatic carbocycles. The van der Waals surface area contributed by atoms with Crippen LogP contribution in [0.25, 0.3) is 41.7 Å². The van der Waals surface area contributed by atoms with Gasteiger partial charge in [-0.3, -0.25) is 0 Å². The van der Waals surface area contributed by atoms with Gasteiger partial charge >= 0.3 is 5.97 Å². The topological polar surface area (TPSA) is 26.3 Å². The molecule has 0 saturated carbocycles. The standard InChI is InChI=1S/C25H18O2S/c1-3-22(26)27-15(2)20-14-17-9-5-7-11-19(17)24-23-18-10-6-4-8-16(18)12-13-21(23)28-25(20)24/h3-15H,1H2,2H3. The summed E-state index contributed by atoms with van der Waals surface area (Å²) in [5.74, 6) is -0.402. The Morgan fingerprint density at radius 1 is 0.964 bits per heavy atom. The van der Waals surface area contributed by atoms with E-state index < -0.39 is 5.97 Å². The van der Waals surface area contributed by atoms with Crippen molar-refractivity contribution in [2.75, 3.05) is 0 Å². The van der Waals surface area contributed by atoms with Crippen molar-refractivity contribution in [2.24, 2.45) is 0 Å². The van der Waals surface area contributed by atoms with E-state index in [0.717, 1.165) is 10.9 Å². The van der Waals surface area contributed by atoms with Gasteiger partial charge in [-0.25, -0.2) is 4.79 Å². The van der Waals surface area contributed by atoms with Gasteiger partial charge in [0, 0.05) is 31.8 Å². The fourth-order valence-electron chi connectivity index (χ4n) is 4.00. The first-order valence-corrected chi connectivity index (χ1v) is 10.1. The molecular formula is C25H18O2S. The van der Waals surface area contributed by atoms with Crippen LogP contribution < -0.4 is 0 Å². The molecule has 3 heteroatoms. The van der Waals surface area contributed by atoms with E-state index in [4.69, 9.17) is 4.74 Å². The zero-order valence-corrected chi connectivity index (χ0v) is 16.3. The van der Waals surface area contributed by atoms with E-state index in [2.05, 4.69) is 67.2 Å². The van der Waals surface area contributed by atoms with Crippen LogP contribution in [-0.4, -0.2) is 5.97 Å². The van der Waals surface area contributed by atoms with Gasteiger partial charge in [0.15, 0.2) is 0 Å². The molecule has 0 amide bonds. The van der Waals surface area contributed by atoms with Crippen LogP contribution in [-0.2, 0) is 9.53 Å². The lowest BCUT2D eigenvalue weighted by atomic mass is 9.96. The number of benzene rings is 4. The highest BCUT2D eigenvalue weighted by molar-refractivity contribution is 7.26. The molecule has 0 N–H and O–H groups in total. The first-order chi connectivity index (χ1) is 13.7. The molecule has 5 aromatic rings. The molecule has 0 aliphatic rings. The zero-order chi connectivity index (χ0) is 19.3. The Balaban J connectivity index is 1.95. The van der Waals surface area contributed by atoms with Crippen molar-refractivity contribution >= 4 is 59.0 Å². The second-order valence-corrected chi connectivity index (χ2v) is 7.99. The maximum absolute atomic E-state index is 11.8. The monoisotopic (exact) mass is 382 g/mol. The summed E-state index contributed by atoms with van der Waals surface area (Å²) in [7, 11) is 0. The molecule has 136 valence electrons. The Morgan fingerprint density at radius 2 is 1.64 bits per heavy atom. The van der Waals surface area contributed by atoms with E-state index in [1.165, 1.54) is 42.4 Å². The van der Waals surface area contributed by atoms with Gasteiger partial charge in [0.25, 0.3) is 0 Å². The van der Waals surface area contributed by atoms with Crippen LogP contribution in [0.5, 0.6) is 0 Å². The van der Waals surface area contributed by atoms with Gasteiger partial charge in [-0.2, -0.15) is 0 Å². The molecule has 0 aliphatic heterocycles. The number of hydrogen-bond donors (Lipinski definition) is 0. The summed E-state index contributed by atoms with van der Waals surface area (Å²) in [5.41, 5.74) is 1.04. The Bertz CT molecular complexity index is 1390. The number of carbonyl (C=O) groups is 1. The largest absolute Gasteiger partial charge is 0.455 e. The van der Waals surface area contributed by atoms with E-state index in [1.54, 1.807) is 11.3 Å². The van der Waals surface area contributed by atoms with Gasteiger partial charge in [0.05, 0.1) is 0 Å². The molecule has 0 fully saturated rings. The molecule has 2 nitrogen and oxygen atoms in total. The molecule has 1 aromatic heterocycles. The normalized spacial score (nSPS) is 12.6. The van der Waals surface area contributed by atoms with Gasteiger partial charge < -0.3 is 4.74 Å². The van der Waals surface area contributed by atoms with Crippen LogP contribution in [0.2, 0.25) is 0 Å². The number of rotatable bonds is 3. The van der Waals surface area contributed by atoms with E-state index in [0.29, 0.717) is 0 Å². The third-order valence-electron chi connectivity index (χ3n) is 5.28. The fraction of sp³-hybridized carbons (Fsp3) is 0.0800. The van der Waals surface area contributed by atoms with Crippen molar-refractivity contribution in [2.45, 2.75) is 13.0 Å². The van der Waals surface area contributed by atoms with Crippen LogP contribution >= 0.6 is 11.3 Å². The minimum Gasteiger partial charge on any atom is -0.455 e. The molecule has 0 bridgehead atoms. The van der Waals surface area contributed by atoms with E-state index >= 15 is 0 Å². The summed E-state index contributed by atoms with van der Waals surface area (Å²) >= 11 is 1.76. The highest BCUT2D eigenvalue weighted by Gasteiger charge is 2.20. The first kappa shape index (κ1) is 17.0. The number of ether oxygens (including phenoxy) is 1. The number of fused-ring (bicyclic) bond motifs is 7. The van der Waals surface area contributed by atoms with Gasteiger partial charge in [-0.1, -0.05) is 61.2 Å². The minimum atomic E-state index is -0.402. The summed E-state index contributed by atoms with van der Waals surface area (Å²) in [6.45, 7) is 5.44. The highest BCUT2D eigenvalue weighted by atomic mass is 32.1. The highest BCUT2D eigenvalue weighted by Crippen LogP contribution is 2.45. The lowest BCUT2D eigenvalue weighted by Crippen LogP contribution is -2.06. The fourth-order valence-corrected chi connectivity index (χ4v) is 5.33. The van der Waals surface area contributed by atoms with Crippen molar-refractivity contribution in [3.8, 4) is 0 Å². The van der Waals surface area contributed by atoms with E-state index in [-0.39, 0.29) is 6.10 Å². The molecule has 0 saturated heterocycles. The number of thiophene rings is 1. The van der Waals surface area contributed by atoms with Crippen molar-refractivity contribution in [3.05, 3.63) is 84.9 Å². The maximum Gasteiger partial charge on any atom is 0.330 e. The second kappa shape index (κ2) is 6.47. The van der Waals surface area contributed by atoms with E-state index in [9.17, 15) is 4.79 Å². The summed E-state index contributed by atoms with van der Waals surface area (Å²) in [6.07, 6.45) is 0.865. The summed E-state index contributed by atoms with van der Waals surface area (Å²) < 4.78 is 8.00. The Kier molecular flexibility index (Phi) is 3.92. The summed E-state index contributed by atoms with van der Waals surface area (Å²) in [5, 5.41) is 7.38. The molecule has 0 radical (unpaired) electrons. The first-order valence-electron chi connectivity index (χ1n) is 9.26. The molecule has 1 unspecified atom stereocenters. The minimum absolute atomic E-state index is 0.350. The van der Waals surface area contributed by atoms with Crippen molar-refractivity contribution in [3.63, 3.8) is 0 Å². The number of hydrogen-bond acceptors (Lipinski definition) is 3. The van der Waals surface area contributed by atoms with Crippen LogP contribution in [0.15, 0.2) is 79.4 Å². The average Bonchev–Trinajstić information content (AvgIpc) is 3.13. The Hall–Kier alpha value is -3.17. The predicted molar refractivity (Wildman–Crippen MR) is 119 cm³/mol. The SMILES string of the molecule is C=CC(=O)OC(C)c1cc2ccccc2c2c1sc1ccc3ccccc3c12. The number of carbonyl (C=O) groups excluding carboxylic acids is 1. The molecule has 28 heavy (non-hydrogen) atoms. The maximum atomic E-state index is 11.8. The van der Waals surface area contributed by atoms with Gasteiger partial charge in [0.2, 0.25) is 0 Å². The Labute approximate surface area is 166 Å². The smallest absolute Gasteiger partial charge is 0.330 e. The molecular weight excluding hydrogens is 364 g/mol. The predicted octanol–water partition coefficient (Wildman–Crippen LogP) is 7.15. The number of esters is 1. The summed E-state index contributed by atoms with van der Waals surface area (Å²) in [6, 6.07) is 23.4. The third kappa shape index (κ3) is 2.51. The van der Waals surface area contributed by atoms with Gasteiger partial charge in [-0.15, -0.1) is 11.3 Å². The van der Waals surface area contributed by atoms with Crippen molar-refractivity contribution in [1.29, 1.82) is 0 Å². The summed E-state index contributed by atoms with van der Waals surface area (Å²) in [4.78, 5) is 11.8. The van der Waals surface area contributed by atoms with Crippen LogP contribution in [0.1, 0.15) is 18.6 Å². The van der Waals surface area contributed by atoms with Crippen LogP contribution in [0.4, 0.5) is 0 Å². The average molecular weight is 382 g/mol. The molecule has 5 rings (SSSR count). The van der Waals surface area contributed by atoms with Crippen LogP contribution in [0, 0.1) is 0 Å². The third-order valence-corrected chi connectivity index (χ3v) is 6.48. The molecule has 1 heterocycles. The lowest BCUT2D eigenvalue weighted by Gasteiger charge is -2.15. The lowest BCUT2D eigenvalue weighted by molar-refractivity contribution is -0.142. The van der Waals surface area contributed by atoms with Crippen molar-refractivity contribution in [1.82, 2.24) is 0 Å². The van der Waals surface area contributed by atoms with Crippen molar-refractivity contribution < 1.29 is 9.53 Å². The van der Waals surface area contributed by atoms with Crippen LogP contribution in [0.3, 0.4) is 0 Å².